The van der Waals surface area contributed by atoms with Gasteiger partial charge in [0, 0.05) is 19.8 Å². The fraction of sp³-hybridized carbons (Fsp3) is 0.417. The molecule has 0 radical (unpaired) electrons. The Hall–Kier alpha value is -1.15. The highest BCUT2D eigenvalue weighted by molar-refractivity contribution is 7.89. The van der Waals surface area contributed by atoms with Gasteiger partial charge in [-0.2, -0.15) is 0 Å². The van der Waals surface area contributed by atoms with E-state index in [1.165, 1.54) is 26.2 Å². The number of nitrogens with two attached hydrogens (primary N) is 1. The van der Waals surface area contributed by atoms with E-state index in [9.17, 15) is 13.2 Å². The number of benzene rings is 1. The summed E-state index contributed by atoms with van der Waals surface area (Å²) in [5.74, 6) is -0.382. The summed E-state index contributed by atoms with van der Waals surface area (Å²) in [6, 6.07) is 6.05. The van der Waals surface area contributed by atoms with Crippen LogP contribution in [0.25, 0.3) is 0 Å². The fourth-order valence-corrected chi connectivity index (χ4v) is 2.19. The minimum atomic E-state index is -3.52. The number of rotatable bonds is 4. The largest absolute Gasteiger partial charge is 0.324 e. The van der Waals surface area contributed by atoms with Gasteiger partial charge in [-0.15, -0.1) is 12.4 Å². The Morgan fingerprint density at radius 3 is 2.30 bits per heavy atom. The Morgan fingerprint density at radius 1 is 1.30 bits per heavy atom. The molecule has 0 heterocycles. The van der Waals surface area contributed by atoms with Crippen LogP contribution in [0, 0.1) is 0 Å². The standard InChI is InChI=1S/C12H19N3O3S.ClH/c1-12(2,13)11(16)14-9-6-5-7-10(8-9)19(17,18)15(3)4;/h5-8H,13H2,1-4H3,(H,14,16);1H. The summed E-state index contributed by atoms with van der Waals surface area (Å²) >= 11 is 0. The molecule has 114 valence electrons. The number of nitrogens with zero attached hydrogens (tertiary/aromatic N) is 1. The number of anilines is 1. The van der Waals surface area contributed by atoms with Crippen LogP contribution in [-0.4, -0.2) is 38.3 Å². The first kappa shape index (κ1) is 18.9. The van der Waals surface area contributed by atoms with Crippen molar-refractivity contribution in [3.63, 3.8) is 0 Å². The molecule has 20 heavy (non-hydrogen) atoms. The summed E-state index contributed by atoms with van der Waals surface area (Å²) in [6.07, 6.45) is 0. The summed E-state index contributed by atoms with van der Waals surface area (Å²) in [6.45, 7) is 3.14. The Morgan fingerprint density at radius 2 is 1.85 bits per heavy atom. The molecule has 0 unspecified atom stereocenters. The molecule has 3 N–H and O–H groups in total. The minimum Gasteiger partial charge on any atom is -0.324 e. The minimum absolute atomic E-state index is 0. The van der Waals surface area contributed by atoms with Gasteiger partial charge in [0.15, 0.2) is 0 Å². The SMILES string of the molecule is CN(C)S(=O)(=O)c1cccc(NC(=O)C(C)(C)N)c1.Cl. The van der Waals surface area contributed by atoms with Crippen molar-refractivity contribution < 1.29 is 13.2 Å². The molecule has 1 rings (SSSR count). The number of amides is 1. The summed E-state index contributed by atoms with van der Waals surface area (Å²) in [4.78, 5) is 11.8. The third kappa shape index (κ3) is 4.45. The van der Waals surface area contributed by atoms with Crippen LogP contribution in [0.4, 0.5) is 5.69 Å². The molecular formula is C12H20ClN3O3S. The van der Waals surface area contributed by atoms with Gasteiger partial charge in [-0.3, -0.25) is 4.79 Å². The molecule has 0 aliphatic rings. The van der Waals surface area contributed by atoms with Crippen LogP contribution < -0.4 is 11.1 Å². The van der Waals surface area contributed by atoms with Crippen LogP contribution in [0.5, 0.6) is 0 Å². The lowest BCUT2D eigenvalue weighted by Crippen LogP contribution is -2.45. The van der Waals surface area contributed by atoms with Crippen LogP contribution in [0.15, 0.2) is 29.2 Å². The highest BCUT2D eigenvalue weighted by atomic mass is 35.5. The Bertz CT molecular complexity index is 580. The normalized spacial score (nSPS) is 11.9. The van der Waals surface area contributed by atoms with Crippen molar-refractivity contribution in [2.75, 3.05) is 19.4 Å². The summed E-state index contributed by atoms with van der Waals surface area (Å²) in [5, 5.41) is 2.59. The van der Waals surface area contributed by atoms with Crippen LogP contribution in [-0.2, 0) is 14.8 Å². The number of carbonyl (C=O) groups is 1. The van der Waals surface area contributed by atoms with Crippen molar-refractivity contribution in [3.8, 4) is 0 Å². The molecule has 8 heteroatoms. The molecule has 0 saturated heterocycles. The first-order valence-corrected chi connectivity index (χ1v) is 7.12. The molecule has 0 aliphatic heterocycles. The number of carbonyl (C=O) groups excluding carboxylic acids is 1. The van der Waals surface area contributed by atoms with Gasteiger partial charge in [0.1, 0.15) is 0 Å². The number of nitrogens with one attached hydrogen (secondary N) is 1. The van der Waals surface area contributed by atoms with E-state index in [0.29, 0.717) is 5.69 Å². The zero-order valence-electron chi connectivity index (χ0n) is 11.9. The Kier molecular flexibility index (Phi) is 6.16. The molecule has 6 nitrogen and oxygen atoms in total. The van der Waals surface area contributed by atoms with Crippen LogP contribution in [0.3, 0.4) is 0 Å². The third-order valence-electron chi connectivity index (χ3n) is 2.46. The number of sulfonamides is 1. The molecule has 0 fully saturated rings. The van der Waals surface area contributed by atoms with E-state index in [0.717, 1.165) is 4.31 Å². The second-order valence-corrected chi connectivity index (χ2v) is 7.14. The maximum atomic E-state index is 12.0. The van der Waals surface area contributed by atoms with E-state index < -0.39 is 15.6 Å². The molecule has 0 aliphatic carbocycles. The second kappa shape index (κ2) is 6.53. The monoisotopic (exact) mass is 321 g/mol. The Labute approximate surface area is 125 Å². The fourth-order valence-electron chi connectivity index (χ4n) is 1.24. The zero-order chi connectivity index (χ0) is 14.8. The van der Waals surface area contributed by atoms with E-state index in [2.05, 4.69) is 5.32 Å². The summed E-state index contributed by atoms with van der Waals surface area (Å²) in [7, 11) is -0.624. The first-order valence-electron chi connectivity index (χ1n) is 5.68. The predicted octanol–water partition coefficient (Wildman–Crippen LogP) is 1.03. The number of hydrogen-bond acceptors (Lipinski definition) is 4. The van der Waals surface area contributed by atoms with Crippen LogP contribution in [0.2, 0.25) is 0 Å². The molecule has 0 bridgehead atoms. The quantitative estimate of drug-likeness (QED) is 0.866. The topological polar surface area (TPSA) is 92.5 Å². The lowest BCUT2D eigenvalue weighted by Gasteiger charge is -2.18. The maximum absolute atomic E-state index is 12.0. The van der Waals surface area contributed by atoms with Crippen LogP contribution >= 0.6 is 12.4 Å². The molecule has 0 atom stereocenters. The van der Waals surface area contributed by atoms with Gasteiger partial charge in [0.2, 0.25) is 15.9 Å². The van der Waals surface area contributed by atoms with E-state index in [-0.39, 0.29) is 23.2 Å². The van der Waals surface area contributed by atoms with E-state index in [1.807, 2.05) is 0 Å². The van der Waals surface area contributed by atoms with Crippen molar-refractivity contribution in [2.24, 2.45) is 5.73 Å². The molecule has 1 amide bonds. The second-order valence-electron chi connectivity index (χ2n) is 4.99. The molecule has 0 aromatic heterocycles. The highest BCUT2D eigenvalue weighted by Gasteiger charge is 2.23. The maximum Gasteiger partial charge on any atom is 0.243 e. The molecule has 0 spiro atoms. The van der Waals surface area contributed by atoms with Gasteiger partial charge in [0.05, 0.1) is 10.4 Å². The summed E-state index contributed by atoms with van der Waals surface area (Å²) < 4.78 is 25.0. The van der Waals surface area contributed by atoms with Crippen molar-refractivity contribution >= 4 is 34.0 Å². The lowest BCUT2D eigenvalue weighted by molar-refractivity contribution is -0.120. The van der Waals surface area contributed by atoms with Gasteiger partial charge in [0.25, 0.3) is 0 Å². The van der Waals surface area contributed by atoms with Gasteiger partial charge in [-0.05, 0) is 32.0 Å². The van der Waals surface area contributed by atoms with Crippen molar-refractivity contribution in [1.82, 2.24) is 4.31 Å². The zero-order valence-corrected chi connectivity index (χ0v) is 13.5. The smallest absolute Gasteiger partial charge is 0.243 e. The lowest BCUT2D eigenvalue weighted by atomic mass is 10.1. The van der Waals surface area contributed by atoms with Gasteiger partial charge in [-0.1, -0.05) is 6.07 Å². The average Bonchev–Trinajstić information content (AvgIpc) is 2.27. The van der Waals surface area contributed by atoms with Gasteiger partial charge in [-0.25, -0.2) is 12.7 Å². The predicted molar refractivity (Wildman–Crippen MR) is 81.5 cm³/mol. The van der Waals surface area contributed by atoms with Gasteiger partial charge < -0.3 is 11.1 Å². The molecule has 1 aromatic rings. The van der Waals surface area contributed by atoms with Gasteiger partial charge >= 0.3 is 0 Å². The van der Waals surface area contributed by atoms with Crippen molar-refractivity contribution in [3.05, 3.63) is 24.3 Å². The number of hydrogen-bond donors (Lipinski definition) is 2. The van der Waals surface area contributed by atoms with Crippen molar-refractivity contribution in [2.45, 2.75) is 24.3 Å². The van der Waals surface area contributed by atoms with E-state index in [1.54, 1.807) is 26.0 Å². The van der Waals surface area contributed by atoms with Crippen LogP contribution in [0.1, 0.15) is 13.8 Å². The number of halogens is 1. The van der Waals surface area contributed by atoms with E-state index >= 15 is 0 Å². The third-order valence-corrected chi connectivity index (χ3v) is 4.27. The first-order chi connectivity index (χ1) is 8.55. The highest BCUT2D eigenvalue weighted by Crippen LogP contribution is 2.18. The van der Waals surface area contributed by atoms with E-state index in [4.69, 9.17) is 5.73 Å². The average molecular weight is 322 g/mol. The summed E-state index contributed by atoms with van der Waals surface area (Å²) in [5.41, 5.74) is 5.02. The Balaban J connectivity index is 0.00000361. The molecule has 1 aromatic carbocycles. The van der Waals surface area contributed by atoms with Crippen molar-refractivity contribution in [1.29, 1.82) is 0 Å². The molecular weight excluding hydrogens is 302 g/mol. The molecule has 0 saturated carbocycles.